The van der Waals surface area contributed by atoms with E-state index in [1.807, 2.05) is 0 Å². The van der Waals surface area contributed by atoms with Crippen LogP contribution in [0.5, 0.6) is 0 Å². The summed E-state index contributed by atoms with van der Waals surface area (Å²) in [5, 5.41) is -0.388. The second-order valence-electron chi connectivity index (χ2n) is 13.7. The Kier molecular flexibility index (Phi) is 8.08. The number of rotatable bonds is 6. The highest BCUT2D eigenvalue weighted by molar-refractivity contribution is 7.63. The lowest BCUT2D eigenvalue weighted by Gasteiger charge is -2.55. The van der Waals surface area contributed by atoms with Gasteiger partial charge < -0.3 is 0 Å². The van der Waals surface area contributed by atoms with Gasteiger partial charge in [-0.3, -0.25) is 0 Å². The summed E-state index contributed by atoms with van der Waals surface area (Å²) in [6.45, 7) is 14.8. The van der Waals surface area contributed by atoms with Crippen molar-refractivity contribution in [1.82, 2.24) is 0 Å². The first-order valence-electron chi connectivity index (χ1n) is 15.7. The topological polar surface area (TPSA) is 0 Å². The van der Waals surface area contributed by atoms with Gasteiger partial charge in [0.05, 0.1) is 5.16 Å². The Morgan fingerprint density at radius 1 is 0.364 bits per heavy atom. The van der Waals surface area contributed by atoms with Crippen LogP contribution in [0.2, 0.25) is 0 Å². The van der Waals surface area contributed by atoms with Crippen molar-refractivity contribution in [1.29, 1.82) is 0 Å². The lowest BCUT2D eigenvalue weighted by atomic mass is 9.80. The van der Waals surface area contributed by atoms with E-state index < -0.39 is 13.1 Å². The average Bonchev–Trinajstić information content (AvgIpc) is 3.33. The highest BCUT2D eigenvalue weighted by Gasteiger charge is 2.59. The minimum atomic E-state index is -0.780. The molecule has 44 heavy (non-hydrogen) atoms. The largest absolute Gasteiger partial charge is 0.0751 e. The molecule has 0 aliphatic heterocycles. The molecule has 0 N–H and O–H groups in total. The van der Waals surface area contributed by atoms with E-state index >= 15 is 0 Å². The quantitative estimate of drug-likeness (QED) is 0.173. The number of allylic oxidation sites excluding steroid dienone is 4. The highest BCUT2D eigenvalue weighted by atomic mass is 31.1. The molecule has 0 saturated carbocycles. The monoisotopic (exact) mass is 590 g/mol. The van der Waals surface area contributed by atoms with E-state index in [0.29, 0.717) is 0 Å². The van der Waals surface area contributed by atoms with Crippen molar-refractivity contribution in [3.05, 3.63) is 179 Å². The maximum Gasteiger partial charge on any atom is 0.0682 e. The molecular weight excluding hydrogens is 547 g/mol. The van der Waals surface area contributed by atoms with Crippen LogP contribution in [-0.2, 0) is 5.16 Å². The molecule has 0 atom stereocenters. The molecule has 0 unspecified atom stereocenters. The second-order valence-corrected chi connectivity index (χ2v) is 17.7. The van der Waals surface area contributed by atoms with Gasteiger partial charge in [-0.15, -0.1) is 0 Å². The smallest absolute Gasteiger partial charge is 0.0682 e. The lowest BCUT2D eigenvalue weighted by molar-refractivity contribution is 0.684. The van der Waals surface area contributed by atoms with E-state index in [1.54, 1.807) is 0 Å². The van der Waals surface area contributed by atoms with Crippen LogP contribution in [0.4, 0.5) is 0 Å². The van der Waals surface area contributed by atoms with Crippen LogP contribution in [0.25, 0.3) is 22.3 Å². The molecule has 1 aliphatic rings. The Morgan fingerprint density at radius 2 is 0.636 bits per heavy atom. The van der Waals surface area contributed by atoms with Crippen molar-refractivity contribution >= 4 is 30.2 Å². The third-order valence-electron chi connectivity index (χ3n) is 8.59. The average molecular weight is 591 g/mol. The van der Waals surface area contributed by atoms with Crippen molar-refractivity contribution in [3.8, 4) is 0 Å². The van der Waals surface area contributed by atoms with E-state index in [4.69, 9.17) is 0 Å². The molecule has 0 aromatic heterocycles. The molecule has 6 rings (SSSR count). The summed E-state index contributed by atoms with van der Waals surface area (Å²) in [5.74, 6) is 0. The standard InChI is InChI=1S/C43H43P/c1-41(2,3)44(42(4,5)6)43(36-30-20-11-21-31-36)39(34-26-16-9-17-27-34)37(32-22-12-7-13-23-32)38(33-24-14-8-15-25-33)40(43)35-28-18-10-19-29-35/h7-31H,1-6H3. The zero-order valence-electron chi connectivity index (χ0n) is 26.9. The van der Waals surface area contributed by atoms with E-state index in [9.17, 15) is 0 Å². The summed E-state index contributed by atoms with van der Waals surface area (Å²) in [6, 6.07) is 56.2. The normalized spacial score (nSPS) is 15.2. The molecule has 1 aliphatic carbocycles. The summed E-state index contributed by atoms with van der Waals surface area (Å²) in [5.41, 5.74) is 12.0. The first-order valence-corrected chi connectivity index (χ1v) is 17.1. The molecule has 0 nitrogen and oxygen atoms in total. The molecule has 0 saturated heterocycles. The van der Waals surface area contributed by atoms with Gasteiger partial charge in [-0.1, -0.05) is 201 Å². The molecule has 5 aromatic carbocycles. The summed E-state index contributed by atoms with van der Waals surface area (Å²) in [4.78, 5) is 0. The van der Waals surface area contributed by atoms with Crippen molar-refractivity contribution in [2.24, 2.45) is 0 Å². The van der Waals surface area contributed by atoms with E-state index in [1.165, 1.54) is 50.1 Å². The van der Waals surface area contributed by atoms with Crippen LogP contribution in [0.1, 0.15) is 69.4 Å². The molecule has 0 bridgehead atoms. The Labute approximate surface area is 266 Å². The SMILES string of the molecule is CC(C)(C)P(C(C)(C)C)C1(c2ccccc2)C(c2ccccc2)=C(c2ccccc2)C(c2ccccc2)=C1c1ccccc1. The maximum atomic E-state index is 2.47. The van der Waals surface area contributed by atoms with Gasteiger partial charge in [0.2, 0.25) is 0 Å². The fourth-order valence-electron chi connectivity index (χ4n) is 7.77. The molecule has 0 heterocycles. The van der Waals surface area contributed by atoms with Crippen molar-refractivity contribution in [3.63, 3.8) is 0 Å². The molecule has 5 aromatic rings. The Hall–Kier alpha value is -3.99. The van der Waals surface area contributed by atoms with E-state index in [2.05, 4.69) is 193 Å². The Bertz CT molecular complexity index is 1650. The first-order chi connectivity index (χ1) is 21.1. The van der Waals surface area contributed by atoms with Crippen molar-refractivity contribution in [2.75, 3.05) is 0 Å². The molecule has 0 spiro atoms. The van der Waals surface area contributed by atoms with Gasteiger partial charge in [-0.05, 0) is 60.4 Å². The molecule has 0 fully saturated rings. The van der Waals surface area contributed by atoms with Crippen molar-refractivity contribution < 1.29 is 0 Å². The van der Waals surface area contributed by atoms with Gasteiger partial charge in [0, 0.05) is 0 Å². The van der Waals surface area contributed by atoms with Crippen LogP contribution >= 0.6 is 7.92 Å². The third-order valence-corrected chi connectivity index (χ3v) is 12.7. The predicted octanol–water partition coefficient (Wildman–Crippen LogP) is 12.2. The van der Waals surface area contributed by atoms with E-state index in [0.717, 1.165) is 0 Å². The first kappa shape index (κ1) is 30.1. The van der Waals surface area contributed by atoms with Crippen LogP contribution in [0, 0.1) is 0 Å². The van der Waals surface area contributed by atoms with Gasteiger partial charge >= 0.3 is 0 Å². The van der Waals surface area contributed by atoms with Crippen LogP contribution in [0.3, 0.4) is 0 Å². The van der Waals surface area contributed by atoms with Gasteiger partial charge in [0.15, 0.2) is 0 Å². The summed E-state index contributed by atoms with van der Waals surface area (Å²) < 4.78 is 0. The zero-order valence-corrected chi connectivity index (χ0v) is 27.8. The lowest BCUT2D eigenvalue weighted by Crippen LogP contribution is -2.40. The molecular formula is C43H43P. The highest BCUT2D eigenvalue weighted by Crippen LogP contribution is 2.81. The summed E-state index contributed by atoms with van der Waals surface area (Å²) >= 11 is 0. The van der Waals surface area contributed by atoms with Crippen LogP contribution in [0.15, 0.2) is 152 Å². The second kappa shape index (κ2) is 11.8. The van der Waals surface area contributed by atoms with Gasteiger partial charge in [-0.25, -0.2) is 0 Å². The number of hydrogen-bond acceptors (Lipinski definition) is 0. The fraction of sp³-hybridized carbons (Fsp3) is 0.209. The third kappa shape index (κ3) is 5.21. The summed E-state index contributed by atoms with van der Waals surface area (Å²) in [7, 11) is -0.780. The summed E-state index contributed by atoms with van der Waals surface area (Å²) in [6.07, 6.45) is 0. The van der Waals surface area contributed by atoms with Crippen molar-refractivity contribution in [2.45, 2.75) is 57.0 Å². The van der Waals surface area contributed by atoms with Crippen LogP contribution < -0.4 is 0 Å². The Balaban J connectivity index is 1.97. The molecule has 1 heteroatoms. The number of hydrogen-bond donors (Lipinski definition) is 0. The van der Waals surface area contributed by atoms with E-state index in [-0.39, 0.29) is 10.3 Å². The maximum absolute atomic E-state index is 2.47. The minimum absolute atomic E-state index is 0.0113. The fourth-order valence-corrected chi connectivity index (χ4v) is 13.1. The van der Waals surface area contributed by atoms with Gasteiger partial charge in [0.1, 0.15) is 0 Å². The number of benzene rings is 5. The zero-order chi connectivity index (χ0) is 31.0. The minimum Gasteiger partial charge on any atom is -0.0751 e. The molecule has 0 amide bonds. The molecule has 0 radical (unpaired) electrons. The Morgan fingerprint density at radius 3 is 0.932 bits per heavy atom. The predicted molar refractivity (Wildman–Crippen MR) is 194 cm³/mol. The van der Waals surface area contributed by atoms with Crippen LogP contribution in [-0.4, -0.2) is 10.3 Å². The van der Waals surface area contributed by atoms with Gasteiger partial charge in [0.25, 0.3) is 0 Å². The molecule has 220 valence electrons. The van der Waals surface area contributed by atoms with Gasteiger partial charge in [-0.2, -0.15) is 0 Å².